The standard InChI is InChI=1S/C8H6BrIO2/c1-4(11)5-2-6(9)8(12)7(10)3-5/h2-3,12H,1H3. The van der Waals surface area contributed by atoms with Gasteiger partial charge >= 0.3 is 0 Å². The summed E-state index contributed by atoms with van der Waals surface area (Å²) >= 11 is 5.13. The lowest BCUT2D eigenvalue weighted by Gasteiger charge is -2.02. The van der Waals surface area contributed by atoms with E-state index in [9.17, 15) is 9.90 Å². The fourth-order valence-electron chi connectivity index (χ4n) is 0.769. The smallest absolute Gasteiger partial charge is 0.159 e. The van der Waals surface area contributed by atoms with Crippen LogP contribution in [-0.2, 0) is 0 Å². The molecule has 0 saturated carbocycles. The van der Waals surface area contributed by atoms with Crippen molar-refractivity contribution in [3.63, 3.8) is 0 Å². The first-order chi connectivity index (χ1) is 5.52. The number of aromatic hydroxyl groups is 1. The molecule has 12 heavy (non-hydrogen) atoms. The van der Waals surface area contributed by atoms with E-state index in [1.165, 1.54) is 6.92 Å². The Morgan fingerprint density at radius 3 is 2.58 bits per heavy atom. The summed E-state index contributed by atoms with van der Waals surface area (Å²) in [4.78, 5) is 11.0. The fourth-order valence-corrected chi connectivity index (χ4v) is 2.23. The van der Waals surface area contributed by atoms with Gasteiger partial charge in [0.25, 0.3) is 0 Å². The Morgan fingerprint density at radius 1 is 1.58 bits per heavy atom. The quantitative estimate of drug-likeness (QED) is 0.630. The molecule has 0 saturated heterocycles. The van der Waals surface area contributed by atoms with E-state index in [0.717, 1.165) is 0 Å². The molecule has 0 heterocycles. The van der Waals surface area contributed by atoms with E-state index in [1.807, 2.05) is 22.6 Å². The maximum atomic E-state index is 11.0. The number of carbonyl (C=O) groups excluding carboxylic acids is 1. The summed E-state index contributed by atoms with van der Waals surface area (Å²) in [7, 11) is 0. The number of hydrogen-bond donors (Lipinski definition) is 1. The number of rotatable bonds is 1. The van der Waals surface area contributed by atoms with Crippen LogP contribution in [0.15, 0.2) is 16.6 Å². The van der Waals surface area contributed by atoms with Gasteiger partial charge in [-0.1, -0.05) is 0 Å². The van der Waals surface area contributed by atoms with Crippen molar-refractivity contribution in [1.29, 1.82) is 0 Å². The van der Waals surface area contributed by atoms with Crippen LogP contribution in [0, 0.1) is 3.57 Å². The average Bonchev–Trinajstić information content (AvgIpc) is 1.99. The third kappa shape index (κ3) is 1.98. The number of carbonyl (C=O) groups is 1. The topological polar surface area (TPSA) is 37.3 Å². The van der Waals surface area contributed by atoms with Crippen LogP contribution in [0.3, 0.4) is 0 Å². The van der Waals surface area contributed by atoms with Crippen LogP contribution in [0.4, 0.5) is 0 Å². The van der Waals surface area contributed by atoms with Gasteiger partial charge in [0.05, 0.1) is 8.04 Å². The number of halogens is 2. The van der Waals surface area contributed by atoms with Crippen molar-refractivity contribution in [3.8, 4) is 5.75 Å². The molecule has 0 spiro atoms. The molecular weight excluding hydrogens is 335 g/mol. The Morgan fingerprint density at radius 2 is 2.17 bits per heavy atom. The zero-order valence-electron chi connectivity index (χ0n) is 6.27. The molecular formula is C8H6BrIO2. The summed E-state index contributed by atoms with van der Waals surface area (Å²) in [6.07, 6.45) is 0. The number of hydrogen-bond acceptors (Lipinski definition) is 2. The van der Waals surface area contributed by atoms with Crippen LogP contribution in [0.1, 0.15) is 17.3 Å². The number of benzene rings is 1. The van der Waals surface area contributed by atoms with Gasteiger partial charge < -0.3 is 5.11 Å². The molecule has 4 heteroatoms. The van der Waals surface area contributed by atoms with Crippen molar-refractivity contribution in [1.82, 2.24) is 0 Å². The number of phenolic OH excluding ortho intramolecular Hbond substituents is 1. The lowest BCUT2D eigenvalue weighted by molar-refractivity contribution is 0.101. The van der Waals surface area contributed by atoms with Crippen molar-refractivity contribution >= 4 is 44.3 Å². The molecule has 0 bridgehead atoms. The highest BCUT2D eigenvalue weighted by Crippen LogP contribution is 2.30. The highest BCUT2D eigenvalue weighted by atomic mass is 127. The minimum absolute atomic E-state index is 0.00591. The Hall–Kier alpha value is -0.100. The molecule has 0 amide bonds. The highest BCUT2D eigenvalue weighted by molar-refractivity contribution is 14.1. The van der Waals surface area contributed by atoms with Gasteiger partial charge in [-0.2, -0.15) is 0 Å². The van der Waals surface area contributed by atoms with Crippen LogP contribution in [0.25, 0.3) is 0 Å². The molecule has 0 atom stereocenters. The lowest BCUT2D eigenvalue weighted by Crippen LogP contribution is -1.92. The molecule has 0 unspecified atom stereocenters. The van der Waals surface area contributed by atoms with E-state index >= 15 is 0 Å². The maximum Gasteiger partial charge on any atom is 0.159 e. The zero-order valence-corrected chi connectivity index (χ0v) is 10.0. The number of phenols is 1. The van der Waals surface area contributed by atoms with Crippen LogP contribution in [0.2, 0.25) is 0 Å². The SMILES string of the molecule is CC(=O)c1cc(Br)c(O)c(I)c1. The Bertz CT molecular complexity index is 313. The fraction of sp³-hybridized carbons (Fsp3) is 0.125. The second-order valence-electron chi connectivity index (χ2n) is 2.34. The molecule has 1 aromatic rings. The first-order valence-corrected chi connectivity index (χ1v) is 5.08. The molecule has 0 aromatic heterocycles. The summed E-state index contributed by atoms with van der Waals surface area (Å²) in [5, 5.41) is 9.35. The van der Waals surface area contributed by atoms with E-state index in [1.54, 1.807) is 12.1 Å². The molecule has 1 N–H and O–H groups in total. The van der Waals surface area contributed by atoms with Gasteiger partial charge in [0.2, 0.25) is 0 Å². The van der Waals surface area contributed by atoms with E-state index in [0.29, 0.717) is 13.6 Å². The van der Waals surface area contributed by atoms with Crippen molar-refractivity contribution in [3.05, 3.63) is 25.7 Å². The zero-order chi connectivity index (χ0) is 9.30. The predicted octanol–water partition coefficient (Wildman–Crippen LogP) is 2.96. The minimum atomic E-state index is -0.00591. The van der Waals surface area contributed by atoms with E-state index in [-0.39, 0.29) is 11.5 Å². The van der Waals surface area contributed by atoms with Crippen molar-refractivity contribution in [2.75, 3.05) is 0 Å². The minimum Gasteiger partial charge on any atom is -0.506 e. The predicted molar refractivity (Wildman–Crippen MR) is 58.5 cm³/mol. The van der Waals surface area contributed by atoms with Crippen LogP contribution in [0.5, 0.6) is 5.75 Å². The molecule has 64 valence electrons. The number of Topliss-reactive ketones (excluding diaryl/α,β-unsaturated/α-hetero) is 1. The third-order valence-electron chi connectivity index (χ3n) is 1.42. The number of ketones is 1. The average molecular weight is 341 g/mol. The summed E-state index contributed by atoms with van der Waals surface area (Å²) in [6, 6.07) is 3.27. The molecule has 0 aliphatic rings. The molecule has 0 aliphatic heterocycles. The van der Waals surface area contributed by atoms with Crippen molar-refractivity contribution in [2.45, 2.75) is 6.92 Å². The largest absolute Gasteiger partial charge is 0.506 e. The van der Waals surface area contributed by atoms with Crippen LogP contribution in [-0.4, -0.2) is 10.9 Å². The monoisotopic (exact) mass is 340 g/mol. The van der Waals surface area contributed by atoms with Crippen LogP contribution >= 0.6 is 38.5 Å². The molecule has 1 rings (SSSR count). The molecule has 0 fully saturated rings. The summed E-state index contributed by atoms with van der Waals surface area (Å²) < 4.78 is 1.23. The first kappa shape index (κ1) is 9.98. The molecule has 0 aliphatic carbocycles. The van der Waals surface area contributed by atoms with Crippen molar-refractivity contribution in [2.24, 2.45) is 0 Å². The van der Waals surface area contributed by atoms with Gasteiger partial charge in [-0.05, 0) is 57.6 Å². The normalized spacial score (nSPS) is 9.92. The van der Waals surface area contributed by atoms with E-state index in [4.69, 9.17) is 0 Å². The van der Waals surface area contributed by atoms with Gasteiger partial charge in [0.1, 0.15) is 5.75 Å². The van der Waals surface area contributed by atoms with Gasteiger partial charge in [-0.25, -0.2) is 0 Å². The van der Waals surface area contributed by atoms with Gasteiger partial charge in [0.15, 0.2) is 5.78 Å². The highest BCUT2D eigenvalue weighted by Gasteiger charge is 2.07. The van der Waals surface area contributed by atoms with Crippen molar-refractivity contribution < 1.29 is 9.90 Å². The summed E-state index contributed by atoms with van der Waals surface area (Å²) in [5.74, 6) is 0.175. The Kier molecular flexibility index (Phi) is 3.11. The molecule has 1 aromatic carbocycles. The van der Waals surface area contributed by atoms with Gasteiger partial charge in [-0.15, -0.1) is 0 Å². The second kappa shape index (κ2) is 3.74. The molecule has 0 radical (unpaired) electrons. The third-order valence-corrected chi connectivity index (χ3v) is 2.85. The Labute approximate surface area is 92.2 Å². The van der Waals surface area contributed by atoms with Gasteiger partial charge in [0, 0.05) is 5.56 Å². The Balaban J connectivity index is 3.31. The van der Waals surface area contributed by atoms with Gasteiger partial charge in [-0.3, -0.25) is 4.79 Å². The van der Waals surface area contributed by atoms with Crippen LogP contribution < -0.4 is 0 Å². The molecule has 2 nitrogen and oxygen atoms in total. The van der Waals surface area contributed by atoms with E-state index < -0.39 is 0 Å². The maximum absolute atomic E-state index is 11.0. The summed E-state index contributed by atoms with van der Waals surface area (Å²) in [6.45, 7) is 1.49. The second-order valence-corrected chi connectivity index (χ2v) is 4.36. The summed E-state index contributed by atoms with van der Waals surface area (Å²) in [5.41, 5.74) is 0.601. The lowest BCUT2D eigenvalue weighted by atomic mass is 10.1. The van der Waals surface area contributed by atoms with E-state index in [2.05, 4.69) is 15.9 Å². The first-order valence-electron chi connectivity index (χ1n) is 3.21.